The second-order valence-corrected chi connectivity index (χ2v) is 5.95. The molecule has 0 amide bonds. The molecule has 1 aliphatic heterocycles. The zero-order valence-corrected chi connectivity index (χ0v) is 16.5. The molecular formula is C20H31NO7. The number of hydrogen-bond donors (Lipinski definition) is 4. The Hall–Kier alpha value is -2.61. The van der Waals surface area contributed by atoms with Gasteiger partial charge in [0.2, 0.25) is 0 Å². The van der Waals surface area contributed by atoms with Crippen LogP contribution in [-0.2, 0) is 9.59 Å². The summed E-state index contributed by atoms with van der Waals surface area (Å²) in [6.45, 7) is 6.92. The molecule has 0 unspecified atom stereocenters. The van der Waals surface area contributed by atoms with Crippen molar-refractivity contribution in [2.24, 2.45) is 5.92 Å². The number of rotatable bonds is 8. The van der Waals surface area contributed by atoms with E-state index in [-0.39, 0.29) is 12.8 Å². The van der Waals surface area contributed by atoms with Gasteiger partial charge in [0.05, 0.1) is 25.0 Å². The van der Waals surface area contributed by atoms with E-state index < -0.39 is 17.9 Å². The van der Waals surface area contributed by atoms with E-state index in [0.717, 1.165) is 31.2 Å². The molecule has 8 nitrogen and oxygen atoms in total. The standard InChI is InChI=1S/C14H19NO3.C4H6O4.C2H6/c16-14(17)12-1-3-13(4-2-12)18-10-7-11-5-8-15-9-6-11;5-3(6)1-2-4(7)8;1-2/h1-4,11,15H,5-10H2,(H,16,17);1-2H2,(H,5,6)(H,7,8);1-2H3. The van der Waals surface area contributed by atoms with Crippen molar-refractivity contribution >= 4 is 17.9 Å². The van der Waals surface area contributed by atoms with Crippen molar-refractivity contribution in [1.82, 2.24) is 5.32 Å². The Morgan fingerprint density at radius 2 is 1.46 bits per heavy atom. The number of ether oxygens (including phenoxy) is 1. The van der Waals surface area contributed by atoms with Crippen LogP contribution in [0.5, 0.6) is 5.75 Å². The number of benzene rings is 1. The number of aromatic carboxylic acids is 1. The van der Waals surface area contributed by atoms with Gasteiger partial charge in [-0.05, 0) is 62.5 Å². The molecule has 8 heteroatoms. The summed E-state index contributed by atoms with van der Waals surface area (Å²) in [6, 6.07) is 6.57. The van der Waals surface area contributed by atoms with E-state index in [4.69, 9.17) is 20.1 Å². The third kappa shape index (κ3) is 12.7. The summed E-state index contributed by atoms with van der Waals surface area (Å²) in [5.74, 6) is -1.56. The SMILES string of the molecule is CC.O=C(O)CCC(=O)O.O=C(O)c1ccc(OCCC2CCNCC2)cc1. The van der Waals surface area contributed by atoms with Crippen LogP contribution in [0.25, 0.3) is 0 Å². The second kappa shape index (κ2) is 15.4. The molecule has 0 aliphatic carbocycles. The Kier molecular flexibility index (Phi) is 14.0. The summed E-state index contributed by atoms with van der Waals surface area (Å²) < 4.78 is 5.63. The number of nitrogens with one attached hydrogen (secondary N) is 1. The molecule has 158 valence electrons. The minimum Gasteiger partial charge on any atom is -0.494 e. The van der Waals surface area contributed by atoms with E-state index in [1.165, 1.54) is 12.8 Å². The molecule has 0 bridgehead atoms. The Morgan fingerprint density at radius 3 is 1.89 bits per heavy atom. The highest BCUT2D eigenvalue weighted by molar-refractivity contribution is 5.87. The van der Waals surface area contributed by atoms with Crippen LogP contribution in [0.2, 0.25) is 0 Å². The lowest BCUT2D eigenvalue weighted by atomic mass is 9.95. The fraction of sp³-hybridized carbons (Fsp3) is 0.550. The zero-order chi connectivity index (χ0) is 21.4. The molecule has 0 saturated carbocycles. The fourth-order valence-electron chi connectivity index (χ4n) is 2.42. The van der Waals surface area contributed by atoms with E-state index >= 15 is 0 Å². The molecule has 2 rings (SSSR count). The van der Waals surface area contributed by atoms with Gasteiger partial charge in [0, 0.05) is 0 Å². The van der Waals surface area contributed by atoms with Gasteiger partial charge in [-0.15, -0.1) is 0 Å². The first-order valence-corrected chi connectivity index (χ1v) is 9.49. The molecule has 0 aromatic heterocycles. The zero-order valence-electron chi connectivity index (χ0n) is 16.5. The minimum atomic E-state index is -1.08. The van der Waals surface area contributed by atoms with Crippen molar-refractivity contribution in [3.8, 4) is 5.75 Å². The van der Waals surface area contributed by atoms with Gasteiger partial charge in [-0.3, -0.25) is 9.59 Å². The first-order valence-electron chi connectivity index (χ1n) is 9.49. The highest BCUT2D eigenvalue weighted by Gasteiger charge is 2.12. The number of carboxylic acid groups (broad SMARTS) is 3. The highest BCUT2D eigenvalue weighted by atomic mass is 16.5. The quantitative estimate of drug-likeness (QED) is 0.526. The predicted octanol–water partition coefficient (Wildman–Crippen LogP) is 3.12. The van der Waals surface area contributed by atoms with Gasteiger partial charge in [0.1, 0.15) is 5.75 Å². The largest absolute Gasteiger partial charge is 0.494 e. The number of piperidine rings is 1. The molecule has 1 saturated heterocycles. The van der Waals surface area contributed by atoms with Crippen LogP contribution in [0, 0.1) is 5.92 Å². The lowest BCUT2D eigenvalue weighted by Crippen LogP contribution is -2.28. The molecule has 28 heavy (non-hydrogen) atoms. The first kappa shape index (κ1) is 25.4. The lowest BCUT2D eigenvalue weighted by Gasteiger charge is -2.22. The van der Waals surface area contributed by atoms with Crippen LogP contribution in [-0.4, -0.2) is 52.9 Å². The monoisotopic (exact) mass is 397 g/mol. The third-order valence-corrected chi connectivity index (χ3v) is 3.91. The Morgan fingerprint density at radius 1 is 0.964 bits per heavy atom. The summed E-state index contributed by atoms with van der Waals surface area (Å²) in [5, 5.41) is 27.9. The summed E-state index contributed by atoms with van der Waals surface area (Å²) in [4.78, 5) is 30.0. The first-order chi connectivity index (χ1) is 13.4. The summed E-state index contributed by atoms with van der Waals surface area (Å²) in [5.41, 5.74) is 0.292. The Bertz CT molecular complexity index is 567. The summed E-state index contributed by atoms with van der Waals surface area (Å²) in [7, 11) is 0. The van der Waals surface area contributed by atoms with E-state index in [2.05, 4.69) is 5.32 Å². The smallest absolute Gasteiger partial charge is 0.335 e. The summed E-state index contributed by atoms with van der Waals surface area (Å²) in [6.07, 6.45) is 2.93. The fourth-order valence-corrected chi connectivity index (χ4v) is 2.42. The van der Waals surface area contributed by atoms with Crippen molar-refractivity contribution in [2.75, 3.05) is 19.7 Å². The molecule has 1 fully saturated rings. The molecule has 0 radical (unpaired) electrons. The maximum atomic E-state index is 10.7. The minimum absolute atomic E-state index is 0.292. The van der Waals surface area contributed by atoms with Gasteiger partial charge in [-0.25, -0.2) is 4.79 Å². The number of carboxylic acids is 3. The Labute approximate surface area is 165 Å². The van der Waals surface area contributed by atoms with Crippen LogP contribution >= 0.6 is 0 Å². The molecule has 0 atom stereocenters. The highest BCUT2D eigenvalue weighted by Crippen LogP contribution is 2.17. The topological polar surface area (TPSA) is 133 Å². The normalized spacial score (nSPS) is 13.2. The molecule has 1 aromatic carbocycles. The van der Waals surface area contributed by atoms with Gasteiger partial charge < -0.3 is 25.4 Å². The van der Waals surface area contributed by atoms with Crippen molar-refractivity contribution in [2.45, 2.75) is 46.0 Å². The second-order valence-electron chi connectivity index (χ2n) is 5.95. The average molecular weight is 397 g/mol. The van der Waals surface area contributed by atoms with Crippen LogP contribution in [0.15, 0.2) is 24.3 Å². The van der Waals surface area contributed by atoms with Gasteiger partial charge >= 0.3 is 17.9 Å². The van der Waals surface area contributed by atoms with Crippen molar-refractivity contribution in [3.63, 3.8) is 0 Å². The maximum absolute atomic E-state index is 10.7. The van der Waals surface area contributed by atoms with Crippen LogP contribution < -0.4 is 10.1 Å². The van der Waals surface area contributed by atoms with Crippen LogP contribution in [0.3, 0.4) is 0 Å². The van der Waals surface area contributed by atoms with Crippen molar-refractivity contribution < 1.29 is 34.4 Å². The third-order valence-electron chi connectivity index (χ3n) is 3.91. The number of carbonyl (C=O) groups is 3. The van der Waals surface area contributed by atoms with Gasteiger partial charge in [0.25, 0.3) is 0 Å². The number of hydrogen-bond acceptors (Lipinski definition) is 5. The molecule has 1 heterocycles. The molecule has 4 N–H and O–H groups in total. The van der Waals surface area contributed by atoms with Gasteiger partial charge in [0.15, 0.2) is 0 Å². The maximum Gasteiger partial charge on any atom is 0.335 e. The Balaban J connectivity index is 0.000000618. The van der Waals surface area contributed by atoms with E-state index in [9.17, 15) is 14.4 Å². The summed E-state index contributed by atoms with van der Waals surface area (Å²) >= 11 is 0. The van der Waals surface area contributed by atoms with E-state index in [1.807, 2.05) is 13.8 Å². The lowest BCUT2D eigenvalue weighted by molar-refractivity contribution is -0.143. The van der Waals surface area contributed by atoms with Gasteiger partial charge in [-0.1, -0.05) is 13.8 Å². The van der Waals surface area contributed by atoms with Crippen molar-refractivity contribution in [3.05, 3.63) is 29.8 Å². The van der Waals surface area contributed by atoms with Crippen LogP contribution in [0.4, 0.5) is 0 Å². The molecular weight excluding hydrogens is 366 g/mol. The molecule has 1 aliphatic rings. The van der Waals surface area contributed by atoms with Crippen LogP contribution in [0.1, 0.15) is 56.3 Å². The average Bonchev–Trinajstić information content (AvgIpc) is 2.70. The van der Waals surface area contributed by atoms with Crippen molar-refractivity contribution in [1.29, 1.82) is 0 Å². The molecule has 1 aromatic rings. The predicted molar refractivity (Wildman–Crippen MR) is 105 cm³/mol. The van der Waals surface area contributed by atoms with Gasteiger partial charge in [-0.2, -0.15) is 0 Å². The molecule has 0 spiro atoms. The van der Waals surface area contributed by atoms with E-state index in [1.54, 1.807) is 24.3 Å². The number of aliphatic carboxylic acids is 2. The van der Waals surface area contributed by atoms with E-state index in [0.29, 0.717) is 12.2 Å².